The van der Waals surface area contributed by atoms with E-state index < -0.39 is 6.29 Å². The fourth-order valence-electron chi connectivity index (χ4n) is 0.953. The van der Waals surface area contributed by atoms with Crippen LogP contribution in [-0.4, -0.2) is 10.2 Å². The second-order valence-electron chi connectivity index (χ2n) is 2.58. The van der Waals surface area contributed by atoms with Crippen molar-refractivity contribution in [3.05, 3.63) is 40.8 Å². The molecule has 0 amide bonds. The molecule has 1 aromatic rings. The van der Waals surface area contributed by atoms with Gasteiger partial charge in [0.1, 0.15) is 0 Å². The molecule has 0 radical (unpaired) electrons. The standard InChI is InChI=1S/C9H11NO2S/c10-8(5-13)6-2-1-3-7(4-6)9(11)12/h1-5,9,11-13H,10H2/b8-5-. The molecule has 13 heavy (non-hydrogen) atoms. The summed E-state index contributed by atoms with van der Waals surface area (Å²) in [5, 5.41) is 19.2. The zero-order valence-electron chi connectivity index (χ0n) is 6.88. The molecular weight excluding hydrogens is 186 g/mol. The number of hydrogen-bond donors (Lipinski definition) is 4. The highest BCUT2D eigenvalue weighted by Gasteiger charge is 2.03. The third-order valence-electron chi connectivity index (χ3n) is 1.66. The van der Waals surface area contributed by atoms with Crippen LogP contribution in [-0.2, 0) is 0 Å². The van der Waals surface area contributed by atoms with Gasteiger partial charge in [-0.05, 0) is 17.0 Å². The molecule has 0 aromatic heterocycles. The lowest BCUT2D eigenvalue weighted by Crippen LogP contribution is -1.99. The van der Waals surface area contributed by atoms with E-state index in [-0.39, 0.29) is 0 Å². The van der Waals surface area contributed by atoms with Crippen LogP contribution < -0.4 is 5.73 Å². The Labute approximate surface area is 81.9 Å². The van der Waals surface area contributed by atoms with E-state index in [0.29, 0.717) is 11.3 Å². The van der Waals surface area contributed by atoms with E-state index in [1.54, 1.807) is 24.3 Å². The van der Waals surface area contributed by atoms with Crippen LogP contribution in [0.1, 0.15) is 17.4 Å². The average Bonchev–Trinajstić information content (AvgIpc) is 2.17. The van der Waals surface area contributed by atoms with E-state index in [4.69, 9.17) is 15.9 Å². The third kappa shape index (κ3) is 2.48. The van der Waals surface area contributed by atoms with Crippen molar-refractivity contribution >= 4 is 18.3 Å². The summed E-state index contributed by atoms with van der Waals surface area (Å²) in [6.07, 6.45) is -1.47. The van der Waals surface area contributed by atoms with Gasteiger partial charge in [0.15, 0.2) is 6.29 Å². The van der Waals surface area contributed by atoms with Gasteiger partial charge in [0.05, 0.1) is 0 Å². The molecule has 0 heterocycles. The molecule has 3 nitrogen and oxygen atoms in total. The summed E-state index contributed by atoms with van der Waals surface area (Å²) >= 11 is 3.90. The molecule has 0 saturated carbocycles. The average molecular weight is 197 g/mol. The normalized spacial score (nSPS) is 12.2. The lowest BCUT2D eigenvalue weighted by Gasteiger charge is -2.06. The zero-order valence-corrected chi connectivity index (χ0v) is 7.78. The lowest BCUT2D eigenvalue weighted by atomic mass is 10.1. The second kappa shape index (κ2) is 4.32. The minimum Gasteiger partial charge on any atom is -0.398 e. The van der Waals surface area contributed by atoms with E-state index in [0.717, 1.165) is 5.56 Å². The monoisotopic (exact) mass is 197 g/mol. The topological polar surface area (TPSA) is 66.5 Å². The Kier molecular flexibility index (Phi) is 3.36. The Hall–Kier alpha value is -0.970. The summed E-state index contributed by atoms with van der Waals surface area (Å²) in [7, 11) is 0. The molecule has 4 heteroatoms. The second-order valence-corrected chi connectivity index (χ2v) is 2.84. The van der Waals surface area contributed by atoms with Crippen LogP contribution in [0.15, 0.2) is 29.7 Å². The molecular formula is C9H11NO2S. The van der Waals surface area contributed by atoms with Crippen molar-refractivity contribution in [3.63, 3.8) is 0 Å². The van der Waals surface area contributed by atoms with E-state index in [1.165, 1.54) is 5.41 Å². The predicted octanol–water partition coefficient (Wildman–Crippen LogP) is 0.857. The van der Waals surface area contributed by atoms with Crippen LogP contribution in [0.4, 0.5) is 0 Å². The van der Waals surface area contributed by atoms with Crippen molar-refractivity contribution in [1.29, 1.82) is 0 Å². The molecule has 0 spiro atoms. The largest absolute Gasteiger partial charge is 0.398 e. The molecule has 1 rings (SSSR count). The Bertz CT molecular complexity index is 323. The maximum atomic E-state index is 8.88. The SMILES string of the molecule is N/C(=C\S)c1cccc(C(O)O)c1. The first kappa shape index (κ1) is 10.1. The highest BCUT2D eigenvalue weighted by atomic mass is 32.1. The van der Waals surface area contributed by atoms with Crippen molar-refractivity contribution in [2.75, 3.05) is 0 Å². The highest BCUT2D eigenvalue weighted by Crippen LogP contribution is 2.15. The molecule has 0 aliphatic rings. The van der Waals surface area contributed by atoms with Crippen LogP contribution in [0.25, 0.3) is 5.70 Å². The van der Waals surface area contributed by atoms with E-state index in [1.807, 2.05) is 0 Å². The molecule has 0 saturated heterocycles. The molecule has 1 aromatic carbocycles. The first-order valence-corrected chi connectivity index (χ1v) is 4.23. The molecule has 4 N–H and O–H groups in total. The van der Waals surface area contributed by atoms with E-state index in [9.17, 15) is 0 Å². The smallest absolute Gasteiger partial charge is 0.178 e. The van der Waals surface area contributed by atoms with E-state index >= 15 is 0 Å². The summed E-state index contributed by atoms with van der Waals surface area (Å²) in [6, 6.07) is 6.69. The number of aliphatic hydroxyl groups is 2. The number of hydrogen-bond acceptors (Lipinski definition) is 4. The van der Waals surface area contributed by atoms with Gasteiger partial charge in [0, 0.05) is 11.3 Å². The fourth-order valence-corrected chi connectivity index (χ4v) is 1.10. The molecule has 0 unspecified atom stereocenters. The Morgan fingerprint density at radius 3 is 2.69 bits per heavy atom. The molecule has 0 bridgehead atoms. The Morgan fingerprint density at radius 1 is 1.46 bits per heavy atom. The zero-order chi connectivity index (χ0) is 9.84. The number of aliphatic hydroxyl groups excluding tert-OH is 1. The lowest BCUT2D eigenvalue weighted by molar-refractivity contribution is -0.0424. The molecule has 70 valence electrons. The fraction of sp³-hybridized carbons (Fsp3) is 0.111. The number of benzene rings is 1. The van der Waals surface area contributed by atoms with Gasteiger partial charge in [-0.15, -0.1) is 12.6 Å². The summed E-state index contributed by atoms with van der Waals surface area (Å²) in [5.41, 5.74) is 7.21. The van der Waals surface area contributed by atoms with Gasteiger partial charge in [-0.3, -0.25) is 0 Å². The summed E-state index contributed by atoms with van der Waals surface area (Å²) in [5.74, 6) is 0. The number of nitrogens with two attached hydrogens (primary N) is 1. The third-order valence-corrected chi connectivity index (χ3v) is 1.94. The van der Waals surface area contributed by atoms with Gasteiger partial charge in [0.25, 0.3) is 0 Å². The van der Waals surface area contributed by atoms with Crippen molar-refractivity contribution in [1.82, 2.24) is 0 Å². The minimum absolute atomic E-state index is 0.413. The maximum absolute atomic E-state index is 8.88. The Morgan fingerprint density at radius 2 is 2.15 bits per heavy atom. The van der Waals surface area contributed by atoms with E-state index in [2.05, 4.69) is 12.6 Å². The van der Waals surface area contributed by atoms with Crippen LogP contribution in [0.2, 0.25) is 0 Å². The molecule has 0 aliphatic carbocycles. The van der Waals surface area contributed by atoms with Crippen molar-refractivity contribution in [2.24, 2.45) is 5.73 Å². The van der Waals surface area contributed by atoms with Gasteiger partial charge in [-0.1, -0.05) is 18.2 Å². The van der Waals surface area contributed by atoms with Gasteiger partial charge in [-0.2, -0.15) is 0 Å². The van der Waals surface area contributed by atoms with Crippen LogP contribution in [0, 0.1) is 0 Å². The summed E-state index contributed by atoms with van der Waals surface area (Å²) < 4.78 is 0. The molecule has 0 aliphatic heterocycles. The number of thiol groups is 1. The van der Waals surface area contributed by atoms with Gasteiger partial charge < -0.3 is 15.9 Å². The minimum atomic E-state index is -1.47. The van der Waals surface area contributed by atoms with Crippen molar-refractivity contribution < 1.29 is 10.2 Å². The summed E-state index contributed by atoms with van der Waals surface area (Å²) in [4.78, 5) is 0. The maximum Gasteiger partial charge on any atom is 0.178 e. The predicted molar refractivity (Wildman–Crippen MR) is 54.8 cm³/mol. The van der Waals surface area contributed by atoms with Gasteiger partial charge >= 0.3 is 0 Å². The Balaban J connectivity index is 3.05. The van der Waals surface area contributed by atoms with Crippen LogP contribution in [0.3, 0.4) is 0 Å². The van der Waals surface area contributed by atoms with Gasteiger partial charge in [0.2, 0.25) is 0 Å². The highest BCUT2D eigenvalue weighted by molar-refractivity contribution is 7.83. The van der Waals surface area contributed by atoms with Crippen molar-refractivity contribution in [2.45, 2.75) is 6.29 Å². The first-order chi connectivity index (χ1) is 6.15. The summed E-state index contributed by atoms with van der Waals surface area (Å²) in [6.45, 7) is 0. The molecule has 0 fully saturated rings. The first-order valence-electron chi connectivity index (χ1n) is 3.71. The van der Waals surface area contributed by atoms with Gasteiger partial charge in [-0.25, -0.2) is 0 Å². The molecule has 0 atom stereocenters. The van der Waals surface area contributed by atoms with Crippen molar-refractivity contribution in [3.8, 4) is 0 Å². The van der Waals surface area contributed by atoms with Crippen LogP contribution in [0.5, 0.6) is 0 Å². The van der Waals surface area contributed by atoms with Crippen LogP contribution >= 0.6 is 12.6 Å². The quantitative estimate of drug-likeness (QED) is 0.420. The number of rotatable bonds is 2.